The average Bonchev–Trinajstić information content (AvgIpc) is 2.84. The molecule has 0 radical (unpaired) electrons. The Kier molecular flexibility index (Phi) is 7.41. The number of hydrogen-bond donors (Lipinski definition) is 2. The first-order valence-corrected chi connectivity index (χ1v) is 11.5. The number of carbonyl (C=O) groups is 1. The highest BCUT2D eigenvalue weighted by atomic mass is 16.5. The van der Waals surface area contributed by atoms with Crippen LogP contribution in [0.2, 0.25) is 0 Å². The summed E-state index contributed by atoms with van der Waals surface area (Å²) in [5.74, 6) is -0.136. The van der Waals surface area contributed by atoms with E-state index in [0.29, 0.717) is 49.1 Å². The summed E-state index contributed by atoms with van der Waals surface area (Å²) < 4.78 is 11.8. The molecular weight excluding hydrogens is 434 g/mol. The minimum atomic E-state index is -0.734. The predicted molar refractivity (Wildman–Crippen MR) is 129 cm³/mol. The standard InChI is InChI=1S/C26H31N3O5/c1-16-17(2)24-21(26(32)29(15-28-24)22-8-10-34-14-23(22)30)13-20(16)12-18-4-6-19(7-5-18)25(31)27-9-11-33-3/h4-7,13,15,22-23,30H,8-12,14H2,1-3H3,(H,27,31)/t22-,23-/m0/s1. The highest BCUT2D eigenvalue weighted by Gasteiger charge is 2.27. The number of aryl methyl sites for hydroxylation is 1. The molecule has 1 amide bonds. The Morgan fingerprint density at radius 3 is 2.74 bits per heavy atom. The van der Waals surface area contributed by atoms with Crippen molar-refractivity contribution in [1.29, 1.82) is 0 Å². The molecule has 3 aromatic rings. The van der Waals surface area contributed by atoms with Crippen LogP contribution in [-0.2, 0) is 15.9 Å². The van der Waals surface area contributed by atoms with Crippen LogP contribution in [0.5, 0.6) is 0 Å². The fourth-order valence-electron chi connectivity index (χ4n) is 4.43. The molecule has 2 N–H and O–H groups in total. The fourth-order valence-corrected chi connectivity index (χ4v) is 4.43. The number of aliphatic hydroxyl groups excluding tert-OH is 1. The van der Waals surface area contributed by atoms with Crippen LogP contribution in [0.15, 0.2) is 41.5 Å². The summed E-state index contributed by atoms with van der Waals surface area (Å²) in [7, 11) is 1.59. The SMILES string of the molecule is COCCNC(=O)c1ccc(Cc2cc3c(=O)n([C@H]4CCOC[C@@H]4O)cnc3c(C)c2C)cc1. The van der Waals surface area contributed by atoms with E-state index in [4.69, 9.17) is 9.47 Å². The summed E-state index contributed by atoms with van der Waals surface area (Å²) in [6, 6.07) is 9.06. The molecule has 2 atom stereocenters. The predicted octanol–water partition coefficient (Wildman–Crippen LogP) is 2.30. The van der Waals surface area contributed by atoms with Gasteiger partial charge in [0, 0.05) is 25.8 Å². The van der Waals surface area contributed by atoms with Gasteiger partial charge in [-0.3, -0.25) is 14.2 Å². The van der Waals surface area contributed by atoms with Gasteiger partial charge in [0.1, 0.15) is 0 Å². The Morgan fingerprint density at radius 2 is 2.03 bits per heavy atom. The maximum atomic E-state index is 13.4. The van der Waals surface area contributed by atoms with E-state index in [1.807, 2.05) is 44.2 Å². The number of rotatable bonds is 7. The normalized spacial score (nSPS) is 18.2. The molecule has 2 heterocycles. The smallest absolute Gasteiger partial charge is 0.261 e. The summed E-state index contributed by atoms with van der Waals surface area (Å²) in [6.07, 6.45) is 2.01. The minimum Gasteiger partial charge on any atom is -0.389 e. The third kappa shape index (κ3) is 4.89. The van der Waals surface area contributed by atoms with E-state index in [1.54, 1.807) is 18.0 Å². The molecule has 4 rings (SSSR count). The quantitative estimate of drug-likeness (QED) is 0.519. The summed E-state index contributed by atoms with van der Waals surface area (Å²) in [5.41, 5.74) is 5.26. The van der Waals surface area contributed by atoms with Gasteiger partial charge in [-0.2, -0.15) is 0 Å². The Bertz CT molecular complexity index is 1240. The fraction of sp³-hybridized carbons (Fsp3) is 0.423. The molecule has 0 bridgehead atoms. The Morgan fingerprint density at radius 1 is 1.26 bits per heavy atom. The summed E-state index contributed by atoms with van der Waals surface area (Å²) in [5, 5.41) is 13.7. The van der Waals surface area contributed by atoms with Gasteiger partial charge in [-0.25, -0.2) is 4.98 Å². The maximum absolute atomic E-state index is 13.4. The molecule has 2 aromatic carbocycles. The van der Waals surface area contributed by atoms with E-state index in [0.717, 1.165) is 22.3 Å². The van der Waals surface area contributed by atoms with Crippen molar-refractivity contribution in [2.75, 3.05) is 33.5 Å². The van der Waals surface area contributed by atoms with Gasteiger partial charge in [0.25, 0.3) is 11.5 Å². The van der Waals surface area contributed by atoms with Crippen LogP contribution in [0.4, 0.5) is 0 Å². The van der Waals surface area contributed by atoms with E-state index in [1.165, 1.54) is 0 Å². The van der Waals surface area contributed by atoms with E-state index in [9.17, 15) is 14.7 Å². The lowest BCUT2D eigenvalue weighted by atomic mass is 9.94. The van der Waals surface area contributed by atoms with E-state index >= 15 is 0 Å². The van der Waals surface area contributed by atoms with Crippen LogP contribution < -0.4 is 10.9 Å². The zero-order valence-corrected chi connectivity index (χ0v) is 19.8. The number of carbonyl (C=O) groups excluding carboxylic acids is 1. The molecule has 180 valence electrons. The molecule has 1 fully saturated rings. The first-order chi connectivity index (χ1) is 16.4. The van der Waals surface area contributed by atoms with Crippen molar-refractivity contribution >= 4 is 16.8 Å². The number of hydrogen-bond acceptors (Lipinski definition) is 6. The van der Waals surface area contributed by atoms with Gasteiger partial charge < -0.3 is 19.9 Å². The second-order valence-electron chi connectivity index (χ2n) is 8.76. The number of benzene rings is 2. The number of aliphatic hydroxyl groups is 1. The number of aromatic nitrogens is 2. The topological polar surface area (TPSA) is 103 Å². The van der Waals surface area contributed by atoms with Gasteiger partial charge in [0.15, 0.2) is 0 Å². The number of ether oxygens (including phenoxy) is 2. The molecule has 0 unspecified atom stereocenters. The van der Waals surface area contributed by atoms with Crippen molar-refractivity contribution in [3.05, 3.63) is 74.8 Å². The Labute approximate surface area is 198 Å². The molecule has 0 saturated carbocycles. The van der Waals surface area contributed by atoms with Crippen molar-refractivity contribution in [3.63, 3.8) is 0 Å². The number of fused-ring (bicyclic) bond motifs is 1. The Hall–Kier alpha value is -3.07. The van der Waals surface area contributed by atoms with Gasteiger partial charge in [0.05, 0.1) is 42.6 Å². The molecule has 1 aromatic heterocycles. The monoisotopic (exact) mass is 465 g/mol. The van der Waals surface area contributed by atoms with Crippen LogP contribution in [0.25, 0.3) is 10.9 Å². The summed E-state index contributed by atoms with van der Waals surface area (Å²) in [4.78, 5) is 30.2. The first-order valence-electron chi connectivity index (χ1n) is 11.5. The maximum Gasteiger partial charge on any atom is 0.261 e. The van der Waals surface area contributed by atoms with Gasteiger partial charge in [0.2, 0.25) is 0 Å². The summed E-state index contributed by atoms with van der Waals surface area (Å²) >= 11 is 0. The lowest BCUT2D eigenvalue weighted by Gasteiger charge is -2.29. The minimum absolute atomic E-state index is 0.136. The number of methoxy groups -OCH3 is 1. The molecule has 0 aliphatic carbocycles. The lowest BCUT2D eigenvalue weighted by Crippen LogP contribution is -2.39. The molecule has 8 heteroatoms. The lowest BCUT2D eigenvalue weighted by molar-refractivity contribution is -0.0395. The number of nitrogens with one attached hydrogen (secondary N) is 1. The van der Waals surface area contributed by atoms with Gasteiger partial charge in [-0.05, 0) is 67.1 Å². The van der Waals surface area contributed by atoms with Crippen LogP contribution in [-0.4, -0.2) is 60.1 Å². The van der Waals surface area contributed by atoms with Gasteiger partial charge >= 0.3 is 0 Å². The molecule has 1 aliphatic rings. The zero-order chi connectivity index (χ0) is 24.2. The first kappa shape index (κ1) is 24.1. The van der Waals surface area contributed by atoms with Crippen molar-refractivity contribution in [2.45, 2.75) is 38.8 Å². The highest BCUT2D eigenvalue weighted by molar-refractivity contribution is 5.94. The van der Waals surface area contributed by atoms with Crippen molar-refractivity contribution in [3.8, 4) is 0 Å². The third-order valence-corrected chi connectivity index (χ3v) is 6.60. The largest absolute Gasteiger partial charge is 0.389 e. The molecular formula is C26H31N3O5. The molecule has 8 nitrogen and oxygen atoms in total. The summed E-state index contributed by atoms with van der Waals surface area (Å²) in [6.45, 7) is 5.67. The molecule has 1 aliphatic heterocycles. The molecule has 0 spiro atoms. The van der Waals surface area contributed by atoms with E-state index < -0.39 is 6.10 Å². The van der Waals surface area contributed by atoms with Crippen LogP contribution in [0.1, 0.15) is 45.1 Å². The average molecular weight is 466 g/mol. The number of nitrogens with zero attached hydrogens (tertiary/aromatic N) is 2. The van der Waals surface area contributed by atoms with Gasteiger partial charge in [-0.1, -0.05) is 12.1 Å². The van der Waals surface area contributed by atoms with Crippen LogP contribution >= 0.6 is 0 Å². The van der Waals surface area contributed by atoms with Crippen LogP contribution in [0, 0.1) is 13.8 Å². The van der Waals surface area contributed by atoms with Crippen molar-refractivity contribution < 1.29 is 19.4 Å². The zero-order valence-electron chi connectivity index (χ0n) is 19.8. The highest BCUT2D eigenvalue weighted by Crippen LogP contribution is 2.26. The van der Waals surface area contributed by atoms with Crippen LogP contribution in [0.3, 0.4) is 0 Å². The second kappa shape index (κ2) is 10.5. The van der Waals surface area contributed by atoms with Crippen molar-refractivity contribution in [2.24, 2.45) is 0 Å². The van der Waals surface area contributed by atoms with E-state index in [2.05, 4.69) is 10.3 Å². The van der Waals surface area contributed by atoms with Crippen molar-refractivity contribution in [1.82, 2.24) is 14.9 Å². The van der Waals surface area contributed by atoms with Gasteiger partial charge in [-0.15, -0.1) is 0 Å². The Balaban J connectivity index is 1.62. The number of amides is 1. The third-order valence-electron chi connectivity index (χ3n) is 6.60. The van der Waals surface area contributed by atoms with E-state index in [-0.39, 0.29) is 24.1 Å². The molecule has 34 heavy (non-hydrogen) atoms. The molecule has 1 saturated heterocycles. The second-order valence-corrected chi connectivity index (χ2v) is 8.76.